The molecule has 0 amide bonds. The van der Waals surface area contributed by atoms with E-state index in [0.717, 1.165) is 17.5 Å². The summed E-state index contributed by atoms with van der Waals surface area (Å²) in [5.41, 5.74) is 12.6. The molecule has 0 spiro atoms. The molecule has 8 rings (SSSR count). The third-order valence-electron chi connectivity index (χ3n) is 9.63. The number of hydrogen-bond donors (Lipinski definition) is 1. The predicted molar refractivity (Wildman–Crippen MR) is 183 cm³/mol. The summed E-state index contributed by atoms with van der Waals surface area (Å²) >= 11 is 0. The quantitative estimate of drug-likeness (QED) is 0.234. The molecule has 3 aliphatic rings. The summed E-state index contributed by atoms with van der Waals surface area (Å²) in [5, 5.41) is 6.40. The SMILES string of the molecule is CC1=C(C2NC(C3C=CC(c4cccc5cccnc45)=C[C@H]3C)=Cc3ccccc32)C=CC(c2cccc3cccnc23)C1. The summed E-state index contributed by atoms with van der Waals surface area (Å²) in [5.74, 6) is 0.916. The monoisotopic (exact) mass is 569 g/mol. The van der Waals surface area contributed by atoms with Crippen molar-refractivity contribution in [2.75, 3.05) is 0 Å². The minimum atomic E-state index is 0.113. The highest BCUT2D eigenvalue weighted by atomic mass is 14.9. The maximum Gasteiger partial charge on any atom is 0.0780 e. The van der Waals surface area contributed by atoms with Crippen LogP contribution in [-0.4, -0.2) is 9.97 Å². The maximum absolute atomic E-state index is 4.74. The van der Waals surface area contributed by atoms with Crippen molar-refractivity contribution in [3.05, 3.63) is 167 Å². The Morgan fingerprint density at radius 3 is 2.27 bits per heavy atom. The molecule has 0 fully saturated rings. The molecular formula is C41H35N3. The Labute approximate surface area is 259 Å². The number of allylic oxidation sites excluding steroid dienone is 6. The lowest BCUT2D eigenvalue weighted by Gasteiger charge is -2.36. The molecule has 0 saturated carbocycles. The Morgan fingerprint density at radius 2 is 1.45 bits per heavy atom. The van der Waals surface area contributed by atoms with Gasteiger partial charge < -0.3 is 5.32 Å². The molecule has 4 atom stereocenters. The van der Waals surface area contributed by atoms with Crippen LogP contribution in [0.2, 0.25) is 0 Å². The summed E-state index contributed by atoms with van der Waals surface area (Å²) in [6.45, 7) is 4.64. The Bertz CT molecular complexity index is 2060. The van der Waals surface area contributed by atoms with Gasteiger partial charge in [-0.3, -0.25) is 9.97 Å². The van der Waals surface area contributed by atoms with E-state index in [0.29, 0.717) is 11.8 Å². The largest absolute Gasteiger partial charge is 0.377 e. The van der Waals surface area contributed by atoms with Crippen LogP contribution in [0, 0.1) is 11.8 Å². The van der Waals surface area contributed by atoms with E-state index < -0.39 is 0 Å². The number of nitrogens with zero attached hydrogens (tertiary/aromatic N) is 2. The number of aromatic nitrogens is 2. The zero-order chi connectivity index (χ0) is 29.6. The molecule has 0 bridgehead atoms. The number of nitrogens with one attached hydrogen (secondary N) is 1. The molecule has 2 aliphatic carbocycles. The van der Waals surface area contributed by atoms with E-state index in [2.05, 4.69) is 128 Å². The summed E-state index contributed by atoms with van der Waals surface area (Å²) in [6.07, 6.45) is 19.0. The average Bonchev–Trinajstić information content (AvgIpc) is 3.07. The minimum Gasteiger partial charge on any atom is -0.377 e. The first kappa shape index (κ1) is 26.6. The third kappa shape index (κ3) is 4.60. The lowest BCUT2D eigenvalue weighted by atomic mass is 9.77. The minimum absolute atomic E-state index is 0.113. The number of rotatable bonds is 4. The van der Waals surface area contributed by atoms with E-state index in [4.69, 9.17) is 9.97 Å². The van der Waals surface area contributed by atoms with Crippen LogP contribution in [0.1, 0.15) is 54.5 Å². The number of para-hydroxylation sites is 2. The van der Waals surface area contributed by atoms with Crippen LogP contribution in [0.25, 0.3) is 33.5 Å². The van der Waals surface area contributed by atoms with Crippen molar-refractivity contribution < 1.29 is 0 Å². The second kappa shape index (κ2) is 10.9. The molecule has 1 aliphatic heterocycles. The third-order valence-corrected chi connectivity index (χ3v) is 9.63. The van der Waals surface area contributed by atoms with Crippen molar-refractivity contribution >= 4 is 33.5 Å². The Balaban J connectivity index is 1.10. The fourth-order valence-corrected chi connectivity index (χ4v) is 7.39. The molecule has 3 heterocycles. The molecule has 0 radical (unpaired) electrons. The van der Waals surface area contributed by atoms with Gasteiger partial charge in [0, 0.05) is 46.3 Å². The van der Waals surface area contributed by atoms with Crippen molar-refractivity contribution in [3.8, 4) is 0 Å². The van der Waals surface area contributed by atoms with Crippen LogP contribution < -0.4 is 5.32 Å². The van der Waals surface area contributed by atoms with E-state index in [1.807, 2.05) is 24.5 Å². The normalized spacial score (nSPS) is 22.9. The van der Waals surface area contributed by atoms with Crippen molar-refractivity contribution in [1.82, 2.24) is 15.3 Å². The average molecular weight is 570 g/mol. The fraction of sp³-hybridized carbons (Fsp3) is 0.171. The molecular weight excluding hydrogens is 534 g/mol. The van der Waals surface area contributed by atoms with Gasteiger partial charge in [0.1, 0.15) is 0 Å². The van der Waals surface area contributed by atoms with Crippen LogP contribution >= 0.6 is 0 Å². The molecule has 3 unspecified atom stereocenters. The Kier molecular flexibility index (Phi) is 6.60. The number of hydrogen-bond acceptors (Lipinski definition) is 3. The van der Waals surface area contributed by atoms with Gasteiger partial charge in [-0.25, -0.2) is 0 Å². The molecule has 3 nitrogen and oxygen atoms in total. The van der Waals surface area contributed by atoms with Gasteiger partial charge in [-0.15, -0.1) is 0 Å². The van der Waals surface area contributed by atoms with Gasteiger partial charge in [0.25, 0.3) is 0 Å². The first-order valence-electron chi connectivity index (χ1n) is 15.7. The van der Waals surface area contributed by atoms with Crippen LogP contribution in [-0.2, 0) is 0 Å². The number of pyridine rings is 2. The van der Waals surface area contributed by atoms with Gasteiger partial charge >= 0.3 is 0 Å². The summed E-state index contributed by atoms with van der Waals surface area (Å²) < 4.78 is 0. The summed E-state index contributed by atoms with van der Waals surface area (Å²) in [6, 6.07) is 30.3. The first-order chi connectivity index (χ1) is 21.6. The molecule has 214 valence electrons. The van der Waals surface area contributed by atoms with Crippen LogP contribution in [0.3, 0.4) is 0 Å². The molecule has 1 N–H and O–H groups in total. The van der Waals surface area contributed by atoms with Crippen LogP contribution in [0.4, 0.5) is 0 Å². The lowest BCUT2D eigenvalue weighted by Crippen LogP contribution is -2.32. The van der Waals surface area contributed by atoms with Crippen molar-refractivity contribution in [2.45, 2.75) is 32.2 Å². The zero-order valence-electron chi connectivity index (χ0n) is 25.1. The van der Waals surface area contributed by atoms with Gasteiger partial charge in [-0.1, -0.05) is 116 Å². The van der Waals surface area contributed by atoms with Crippen molar-refractivity contribution in [2.24, 2.45) is 11.8 Å². The van der Waals surface area contributed by atoms with Gasteiger partial charge in [0.15, 0.2) is 0 Å². The van der Waals surface area contributed by atoms with Crippen LogP contribution in [0.15, 0.2) is 145 Å². The first-order valence-corrected chi connectivity index (χ1v) is 15.7. The second-order valence-corrected chi connectivity index (χ2v) is 12.4. The van der Waals surface area contributed by atoms with Crippen LogP contribution in [0.5, 0.6) is 0 Å². The van der Waals surface area contributed by atoms with E-state index in [9.17, 15) is 0 Å². The molecule has 0 saturated heterocycles. The second-order valence-electron chi connectivity index (χ2n) is 12.4. The van der Waals surface area contributed by atoms with Gasteiger partial charge in [0.2, 0.25) is 0 Å². The maximum atomic E-state index is 4.74. The Hall–Kier alpha value is -5.02. The number of fused-ring (bicyclic) bond motifs is 3. The summed E-state index contributed by atoms with van der Waals surface area (Å²) in [7, 11) is 0. The van der Waals surface area contributed by atoms with Gasteiger partial charge in [-0.2, -0.15) is 0 Å². The fourth-order valence-electron chi connectivity index (χ4n) is 7.39. The Morgan fingerprint density at radius 1 is 0.727 bits per heavy atom. The molecule has 44 heavy (non-hydrogen) atoms. The van der Waals surface area contributed by atoms with Crippen molar-refractivity contribution in [1.29, 1.82) is 0 Å². The summed E-state index contributed by atoms with van der Waals surface area (Å²) in [4.78, 5) is 9.45. The highest BCUT2D eigenvalue weighted by molar-refractivity contribution is 5.93. The van der Waals surface area contributed by atoms with E-state index in [-0.39, 0.29) is 12.0 Å². The highest BCUT2D eigenvalue weighted by Gasteiger charge is 2.31. The zero-order valence-corrected chi connectivity index (χ0v) is 25.1. The smallest absolute Gasteiger partial charge is 0.0780 e. The lowest BCUT2D eigenvalue weighted by molar-refractivity contribution is 0.513. The van der Waals surface area contributed by atoms with E-state index in [1.165, 1.54) is 55.4 Å². The van der Waals surface area contributed by atoms with Crippen molar-refractivity contribution in [3.63, 3.8) is 0 Å². The molecule has 3 heteroatoms. The highest BCUT2D eigenvalue weighted by Crippen LogP contribution is 2.43. The van der Waals surface area contributed by atoms with Gasteiger partial charge in [0.05, 0.1) is 17.1 Å². The predicted octanol–water partition coefficient (Wildman–Crippen LogP) is 9.73. The van der Waals surface area contributed by atoms with E-state index >= 15 is 0 Å². The molecule has 5 aromatic rings. The topological polar surface area (TPSA) is 37.8 Å². The molecule has 3 aromatic carbocycles. The van der Waals surface area contributed by atoms with Gasteiger partial charge in [-0.05, 0) is 65.3 Å². The number of benzene rings is 3. The standard InChI is InChI=1S/C41H35N3/c1-26-23-31(35-15-5-10-28-12-7-21-42-39(28)35)17-19-33(26)38-25-30-9-3-4-14-37(30)41(44-38)34-20-18-32(24-27(34)2)36-16-6-11-29-13-8-22-43-40(29)36/h3-23,25-26,32-33,41,44H,24H2,1-2H3/t26-,32?,33?,41?/m1/s1. The van der Waals surface area contributed by atoms with E-state index in [1.54, 1.807) is 0 Å². The molecule has 2 aromatic heterocycles.